The van der Waals surface area contributed by atoms with Crippen LogP contribution in [0.2, 0.25) is 0 Å². The number of aromatic nitrogens is 1. The second kappa shape index (κ2) is 10.3. The highest BCUT2D eigenvalue weighted by Gasteiger charge is 2.42. The predicted octanol–water partition coefficient (Wildman–Crippen LogP) is 0.748. The lowest BCUT2D eigenvalue weighted by Gasteiger charge is -2.50. The monoisotopic (exact) mass is 460 g/mol. The van der Waals surface area contributed by atoms with Crippen molar-refractivity contribution in [1.29, 1.82) is 0 Å². The highest BCUT2D eigenvalue weighted by atomic mass is 16.4. The average Bonchev–Trinajstić information content (AvgIpc) is 2.82. The number of aliphatic carboxylic acids is 2. The fourth-order valence-corrected chi connectivity index (χ4v) is 4.60. The van der Waals surface area contributed by atoms with Crippen LogP contribution >= 0.6 is 0 Å². The van der Waals surface area contributed by atoms with Gasteiger partial charge in [0.15, 0.2) is 12.2 Å². The van der Waals surface area contributed by atoms with Crippen LogP contribution in [0.1, 0.15) is 24.5 Å². The Morgan fingerprint density at radius 1 is 1.12 bits per heavy atom. The first-order valence-corrected chi connectivity index (χ1v) is 10.6. The Morgan fingerprint density at radius 3 is 2.33 bits per heavy atom. The number of phenols is 1. The molecule has 2 bridgehead atoms. The van der Waals surface area contributed by atoms with Crippen molar-refractivity contribution in [2.24, 2.45) is 11.8 Å². The smallest absolute Gasteiger partial charge is 0.335 e. The minimum atomic E-state index is -2.27. The zero-order valence-corrected chi connectivity index (χ0v) is 17.9. The number of carbonyl (C=O) groups is 2. The summed E-state index contributed by atoms with van der Waals surface area (Å²) in [5, 5.41) is 54.2. The summed E-state index contributed by atoms with van der Waals surface area (Å²) in [4.78, 5) is 26.3. The lowest BCUT2D eigenvalue weighted by atomic mass is 9.73. The molecule has 4 unspecified atom stereocenters. The number of rotatable bonds is 6. The van der Waals surface area contributed by atoms with Crippen molar-refractivity contribution >= 4 is 22.8 Å². The van der Waals surface area contributed by atoms with Crippen LogP contribution in [-0.2, 0) is 9.59 Å². The van der Waals surface area contributed by atoms with Gasteiger partial charge in [-0.3, -0.25) is 9.88 Å². The molecule has 2 aromatic rings. The summed E-state index contributed by atoms with van der Waals surface area (Å²) in [5.41, 5.74) is 1.66. The van der Waals surface area contributed by atoms with E-state index in [1.165, 1.54) is 6.42 Å². The number of hydrogen-bond acceptors (Lipinski definition) is 8. The number of carboxylic acid groups (broad SMARTS) is 2. The molecule has 4 heterocycles. The lowest BCUT2D eigenvalue weighted by molar-refractivity contribution is -0.165. The van der Waals surface area contributed by atoms with Gasteiger partial charge in [0.2, 0.25) is 0 Å². The van der Waals surface area contributed by atoms with Crippen LogP contribution in [0.15, 0.2) is 43.1 Å². The van der Waals surface area contributed by atoms with Crippen LogP contribution in [0.25, 0.3) is 10.9 Å². The van der Waals surface area contributed by atoms with E-state index in [0.717, 1.165) is 36.0 Å². The molecule has 7 atom stereocenters. The molecule has 3 fully saturated rings. The van der Waals surface area contributed by atoms with Crippen molar-refractivity contribution in [3.8, 4) is 5.75 Å². The summed E-state index contributed by atoms with van der Waals surface area (Å²) >= 11 is 0. The van der Waals surface area contributed by atoms with Gasteiger partial charge < -0.3 is 30.6 Å². The fraction of sp³-hybridized carbons (Fsp3) is 0.435. The number of fused-ring (bicyclic) bond motifs is 4. The maximum Gasteiger partial charge on any atom is 0.335 e. The molecule has 3 saturated heterocycles. The van der Waals surface area contributed by atoms with Gasteiger partial charge in [-0.05, 0) is 61.1 Å². The minimum absolute atomic E-state index is 0.137. The largest absolute Gasteiger partial charge is 0.508 e. The number of nitrogens with zero attached hydrogens (tertiary/aromatic N) is 2. The second-order valence-corrected chi connectivity index (χ2v) is 8.36. The van der Waals surface area contributed by atoms with Crippen LogP contribution in [0.5, 0.6) is 5.75 Å². The average molecular weight is 460 g/mol. The van der Waals surface area contributed by atoms with E-state index in [1.807, 2.05) is 6.07 Å². The van der Waals surface area contributed by atoms with Crippen molar-refractivity contribution in [2.45, 2.75) is 37.2 Å². The van der Waals surface area contributed by atoms with Crippen molar-refractivity contribution in [2.75, 3.05) is 13.1 Å². The molecular weight excluding hydrogens is 432 g/mol. The summed E-state index contributed by atoms with van der Waals surface area (Å²) in [6.45, 7) is 5.99. The Labute approximate surface area is 190 Å². The van der Waals surface area contributed by atoms with Gasteiger partial charge in [0.25, 0.3) is 0 Å². The molecule has 10 heteroatoms. The Hall–Kier alpha value is -3.05. The normalized spacial score (nSPS) is 26.5. The highest BCUT2D eigenvalue weighted by molar-refractivity contribution is 5.84. The van der Waals surface area contributed by atoms with E-state index in [4.69, 9.17) is 20.4 Å². The lowest BCUT2D eigenvalue weighted by Crippen LogP contribution is -2.54. The quantitative estimate of drug-likeness (QED) is 0.338. The zero-order chi connectivity index (χ0) is 24.3. The fourth-order valence-electron chi connectivity index (χ4n) is 4.60. The van der Waals surface area contributed by atoms with Crippen LogP contribution in [0, 0.1) is 11.8 Å². The van der Waals surface area contributed by atoms with Crippen LogP contribution in [-0.4, -0.2) is 83.8 Å². The summed E-state index contributed by atoms with van der Waals surface area (Å²) in [7, 11) is 0. The Kier molecular flexibility index (Phi) is 7.65. The molecular formula is C23H28N2O8. The van der Waals surface area contributed by atoms with E-state index >= 15 is 0 Å². The third kappa shape index (κ3) is 5.31. The first-order valence-electron chi connectivity index (χ1n) is 10.6. The molecule has 0 spiro atoms. The van der Waals surface area contributed by atoms with Gasteiger partial charge in [-0.2, -0.15) is 0 Å². The van der Waals surface area contributed by atoms with E-state index in [2.05, 4.69) is 22.5 Å². The number of pyridine rings is 1. The van der Waals surface area contributed by atoms with E-state index < -0.39 is 30.3 Å². The van der Waals surface area contributed by atoms with E-state index in [0.29, 0.717) is 11.8 Å². The molecule has 178 valence electrons. The topological polar surface area (TPSA) is 172 Å². The number of piperidine rings is 3. The number of hydrogen-bond donors (Lipinski definition) is 6. The molecule has 3 aliphatic rings. The van der Waals surface area contributed by atoms with Crippen LogP contribution in [0.3, 0.4) is 0 Å². The van der Waals surface area contributed by atoms with Crippen molar-refractivity contribution in [3.05, 3.63) is 48.7 Å². The first kappa shape index (κ1) is 24.6. The summed E-state index contributed by atoms with van der Waals surface area (Å²) in [6.07, 6.45) is 0.907. The summed E-state index contributed by atoms with van der Waals surface area (Å²) in [5.74, 6) is -2.16. The van der Waals surface area contributed by atoms with Gasteiger partial charge in [-0.25, -0.2) is 9.59 Å². The molecule has 10 nitrogen and oxygen atoms in total. The Balaban J connectivity index is 0.000000262. The highest BCUT2D eigenvalue weighted by Crippen LogP contribution is 2.42. The first-order chi connectivity index (χ1) is 15.6. The van der Waals surface area contributed by atoms with Gasteiger partial charge in [-0.15, -0.1) is 6.58 Å². The zero-order valence-electron chi connectivity index (χ0n) is 17.9. The molecule has 3 aliphatic heterocycles. The third-order valence-corrected chi connectivity index (χ3v) is 6.40. The minimum Gasteiger partial charge on any atom is -0.508 e. The van der Waals surface area contributed by atoms with E-state index in [9.17, 15) is 19.8 Å². The predicted molar refractivity (Wildman–Crippen MR) is 117 cm³/mol. The molecule has 0 amide bonds. The molecule has 1 aromatic heterocycles. The molecule has 5 rings (SSSR count). The third-order valence-electron chi connectivity index (χ3n) is 6.40. The van der Waals surface area contributed by atoms with Crippen molar-refractivity contribution < 1.29 is 40.2 Å². The van der Waals surface area contributed by atoms with Crippen LogP contribution in [0.4, 0.5) is 0 Å². The molecule has 0 aliphatic carbocycles. The Bertz CT molecular complexity index is 1010. The Morgan fingerprint density at radius 2 is 1.79 bits per heavy atom. The second-order valence-electron chi connectivity index (χ2n) is 8.36. The molecule has 1 aromatic carbocycles. The summed E-state index contributed by atoms with van der Waals surface area (Å²) < 4.78 is 0. The van der Waals surface area contributed by atoms with E-state index in [-0.39, 0.29) is 11.8 Å². The van der Waals surface area contributed by atoms with Gasteiger partial charge >= 0.3 is 11.9 Å². The molecule has 0 radical (unpaired) electrons. The van der Waals surface area contributed by atoms with Crippen molar-refractivity contribution in [3.63, 3.8) is 0 Å². The number of aliphatic hydroxyl groups is 3. The maximum absolute atomic E-state index is 11.0. The van der Waals surface area contributed by atoms with Crippen molar-refractivity contribution in [1.82, 2.24) is 9.88 Å². The maximum atomic E-state index is 11.0. The summed E-state index contributed by atoms with van der Waals surface area (Å²) in [6, 6.07) is 7.14. The van der Waals surface area contributed by atoms with E-state index in [1.54, 1.807) is 24.4 Å². The molecule has 33 heavy (non-hydrogen) atoms. The number of benzene rings is 1. The van der Waals surface area contributed by atoms with Gasteiger partial charge in [0.1, 0.15) is 5.75 Å². The number of phenolic OH excluding ortho intramolecular Hbond substituents is 1. The van der Waals surface area contributed by atoms with Gasteiger partial charge in [0, 0.05) is 24.2 Å². The van der Waals surface area contributed by atoms with Gasteiger partial charge in [-0.1, -0.05) is 6.08 Å². The molecule has 0 saturated carbocycles. The SMILES string of the molecule is C=CC1CN2CCC1CC2[C@H](O)c1ccnc2ccc(O)cc12.O=C(O)[C@H](O)[C@@H](O)C(=O)O. The standard InChI is InChI=1S/C19H22N2O2.C4H6O6/c1-2-12-11-21-8-6-13(12)9-18(21)19(23)15-5-7-20-17-4-3-14(22)10-16(15)17;5-1(3(7)8)2(6)4(9)10/h2-5,7,10,12-13,18-19,22-23H,1,6,8-9,11H2;1-2,5-6H,(H,7,8)(H,9,10)/t12?,13?,18?,19-;1-,2-/m11/s1. The van der Waals surface area contributed by atoms with Gasteiger partial charge in [0.05, 0.1) is 11.6 Å². The van der Waals surface area contributed by atoms with Crippen LogP contribution < -0.4 is 0 Å². The number of carboxylic acids is 2. The molecule has 6 N–H and O–H groups in total. The number of aliphatic hydroxyl groups excluding tert-OH is 3. The number of aromatic hydroxyl groups is 1.